The van der Waals surface area contributed by atoms with Crippen LogP contribution in [0.2, 0.25) is 0 Å². The summed E-state index contributed by atoms with van der Waals surface area (Å²) in [4.78, 5) is 27.9. The van der Waals surface area contributed by atoms with E-state index in [0.717, 1.165) is 23.8 Å². The predicted molar refractivity (Wildman–Crippen MR) is 142 cm³/mol. The highest BCUT2D eigenvalue weighted by Crippen LogP contribution is 2.44. The van der Waals surface area contributed by atoms with E-state index in [9.17, 15) is 38.2 Å². The number of H-pyrrole nitrogens is 1. The van der Waals surface area contributed by atoms with Crippen LogP contribution in [0, 0.1) is 11.3 Å². The number of nitriles is 1. The van der Waals surface area contributed by atoms with Crippen LogP contribution in [0.5, 0.6) is 0 Å². The molecule has 3 aromatic rings. The number of benzene rings is 2. The van der Waals surface area contributed by atoms with Crippen LogP contribution in [0.1, 0.15) is 35.2 Å². The highest BCUT2D eigenvalue weighted by molar-refractivity contribution is 5.93. The van der Waals surface area contributed by atoms with Crippen LogP contribution in [-0.4, -0.2) is 74.9 Å². The van der Waals surface area contributed by atoms with Gasteiger partial charge in [-0.2, -0.15) is 18.4 Å². The molecule has 11 nitrogen and oxygen atoms in total. The second kappa shape index (κ2) is 10.4. The number of carbonyl (C=O) groups is 1. The van der Waals surface area contributed by atoms with E-state index in [1.807, 2.05) is 7.05 Å². The molecule has 0 saturated carbocycles. The molecule has 1 aromatic heterocycles. The molecule has 14 heteroatoms. The number of ether oxygens (including phenoxy) is 1. The Kier molecular flexibility index (Phi) is 7.22. The number of rotatable bonds is 5. The molecule has 0 spiro atoms. The average Bonchev–Trinajstić information content (AvgIpc) is 3.44. The summed E-state index contributed by atoms with van der Waals surface area (Å²) in [6.07, 6.45) is -6.55. The van der Waals surface area contributed by atoms with E-state index in [1.54, 1.807) is 12.1 Å². The summed E-state index contributed by atoms with van der Waals surface area (Å²) in [5.74, 6) is -0.881. The number of methoxy groups -OCH3 is 1. The Morgan fingerprint density at radius 3 is 2.52 bits per heavy atom. The van der Waals surface area contributed by atoms with Gasteiger partial charge in [-0.3, -0.25) is 4.90 Å². The van der Waals surface area contributed by atoms with Gasteiger partial charge in [0.15, 0.2) is 0 Å². The second-order valence-electron chi connectivity index (χ2n) is 10.8. The Bertz CT molecular complexity index is 1680. The second-order valence-corrected chi connectivity index (χ2v) is 10.8. The number of likely N-dealkylation sites (tertiary alicyclic amines) is 1. The number of carbonyl (C=O) groups excluding carboxylic acids is 1. The molecule has 0 aliphatic carbocycles. The van der Waals surface area contributed by atoms with Crippen molar-refractivity contribution in [1.29, 1.82) is 5.26 Å². The number of aliphatic hydroxyl groups is 2. The first kappa shape index (κ1) is 29.1. The minimum absolute atomic E-state index is 0.0144. The summed E-state index contributed by atoms with van der Waals surface area (Å²) in [6.45, 7) is 2.19. The number of hydrogen-bond donors (Lipinski definition) is 3. The molecule has 220 valence electrons. The average molecular weight is 586 g/mol. The molecule has 1 unspecified atom stereocenters. The van der Waals surface area contributed by atoms with E-state index >= 15 is 0 Å². The van der Waals surface area contributed by atoms with Gasteiger partial charge in [-0.25, -0.2) is 19.3 Å². The molecule has 0 radical (unpaired) electrons. The van der Waals surface area contributed by atoms with Crippen molar-refractivity contribution >= 4 is 17.6 Å². The SMILES string of the molecule is COC(=O)C1=C(C)N(c2cccc(C(F)(F)F)c2)c2n[nH]c(=O)n2[C@@H]1c1ccc(C#N)cc1C[N+]1(C)C[C@@H](O)[C@@H](O)C1. The number of quaternary nitrogens is 1. The molecule has 2 aliphatic rings. The van der Waals surface area contributed by atoms with Crippen molar-refractivity contribution < 1.29 is 37.4 Å². The number of aliphatic hydroxyl groups excluding tert-OH is 2. The van der Waals surface area contributed by atoms with Crippen molar-refractivity contribution in [3.8, 4) is 6.07 Å². The lowest BCUT2D eigenvalue weighted by atomic mass is 9.89. The summed E-state index contributed by atoms with van der Waals surface area (Å²) in [6, 6.07) is 10.1. The van der Waals surface area contributed by atoms with Crippen LogP contribution in [0.25, 0.3) is 0 Å². The number of allylic oxidation sites excluding steroid dienone is 1. The zero-order valence-electron chi connectivity index (χ0n) is 22.9. The van der Waals surface area contributed by atoms with Gasteiger partial charge in [0.1, 0.15) is 37.9 Å². The van der Waals surface area contributed by atoms with Crippen LogP contribution in [0.3, 0.4) is 0 Å². The summed E-state index contributed by atoms with van der Waals surface area (Å²) in [7, 11) is 2.98. The molecule has 3 heterocycles. The molecule has 2 aromatic carbocycles. The zero-order valence-corrected chi connectivity index (χ0v) is 22.9. The Balaban J connectivity index is 1.74. The third kappa shape index (κ3) is 4.95. The normalized spacial score (nSPS) is 24.0. The largest absolute Gasteiger partial charge is 0.466 e. The summed E-state index contributed by atoms with van der Waals surface area (Å²) < 4.78 is 47.2. The van der Waals surface area contributed by atoms with E-state index in [1.165, 1.54) is 30.0 Å². The van der Waals surface area contributed by atoms with Crippen LogP contribution in [0.4, 0.5) is 24.8 Å². The number of esters is 1. The van der Waals surface area contributed by atoms with E-state index < -0.39 is 41.6 Å². The minimum Gasteiger partial charge on any atom is -0.466 e. The maximum absolute atomic E-state index is 13.6. The first-order chi connectivity index (χ1) is 19.8. The molecule has 3 N–H and O–H groups in total. The van der Waals surface area contributed by atoms with E-state index in [-0.39, 0.29) is 47.0 Å². The molecular weight excluding hydrogens is 557 g/mol. The van der Waals surface area contributed by atoms with Crippen LogP contribution in [0.15, 0.2) is 58.5 Å². The smallest absolute Gasteiger partial charge is 0.416 e. The topological polar surface area (TPSA) is 144 Å². The van der Waals surface area contributed by atoms with Crippen molar-refractivity contribution in [2.75, 3.05) is 32.1 Å². The molecule has 5 rings (SSSR count). The Morgan fingerprint density at radius 2 is 1.90 bits per heavy atom. The highest BCUT2D eigenvalue weighted by Gasteiger charge is 2.44. The van der Waals surface area contributed by atoms with Crippen molar-refractivity contribution in [3.63, 3.8) is 0 Å². The number of nitrogens with one attached hydrogen (secondary N) is 1. The minimum atomic E-state index is -4.64. The third-order valence-electron chi connectivity index (χ3n) is 7.80. The number of aromatic nitrogens is 3. The maximum Gasteiger partial charge on any atom is 0.416 e. The number of likely N-dealkylation sites (N-methyl/N-ethyl adjacent to an activating group) is 1. The molecule has 42 heavy (non-hydrogen) atoms. The molecule has 2 aliphatic heterocycles. The lowest BCUT2D eigenvalue weighted by Gasteiger charge is -2.37. The lowest BCUT2D eigenvalue weighted by Crippen LogP contribution is -2.43. The van der Waals surface area contributed by atoms with Crippen molar-refractivity contribution in [2.24, 2.45) is 0 Å². The van der Waals surface area contributed by atoms with E-state index in [0.29, 0.717) is 16.7 Å². The Labute approximate surface area is 237 Å². The van der Waals surface area contributed by atoms with E-state index in [2.05, 4.69) is 16.3 Å². The monoisotopic (exact) mass is 585 g/mol. The van der Waals surface area contributed by atoms with E-state index in [4.69, 9.17) is 4.74 Å². The number of nitrogens with zero attached hydrogens (tertiary/aromatic N) is 5. The van der Waals surface area contributed by atoms with Crippen LogP contribution >= 0.6 is 0 Å². The summed E-state index contributed by atoms with van der Waals surface area (Å²) in [5, 5.41) is 36.6. The number of fused-ring (bicyclic) bond motifs is 1. The number of aromatic amines is 1. The van der Waals surface area contributed by atoms with Gasteiger partial charge >= 0.3 is 17.8 Å². The van der Waals surface area contributed by atoms with Crippen molar-refractivity contribution in [3.05, 3.63) is 86.5 Å². The molecule has 1 fully saturated rings. The Hall–Kier alpha value is -4.45. The molecule has 1 saturated heterocycles. The molecule has 0 bridgehead atoms. The number of halogens is 3. The van der Waals surface area contributed by atoms with Gasteiger partial charge < -0.3 is 19.4 Å². The lowest BCUT2D eigenvalue weighted by molar-refractivity contribution is -0.913. The standard InChI is InChI=1S/C28H27F3N6O5/c1-15-23(25(40)42-3)24(20-8-7-16(11-32)9-17(20)12-37(2)13-21(38)22(39)14-37)36-26(33-34-27(36)41)35(15)19-6-4-5-18(10-19)28(29,30)31/h4-10,21-22,24,38-39H,12-14H2,1-3H3/p+1/t21-,22+,24-,37?/m1/s1. The van der Waals surface area contributed by atoms with Gasteiger partial charge in [0.05, 0.1) is 36.9 Å². The van der Waals surface area contributed by atoms with Crippen LogP contribution in [-0.2, 0) is 22.3 Å². The molecular formula is C28H28F3N6O5+. The Morgan fingerprint density at radius 1 is 1.21 bits per heavy atom. The first-order valence-corrected chi connectivity index (χ1v) is 12.9. The van der Waals surface area contributed by atoms with Crippen LogP contribution < -0.4 is 10.6 Å². The molecule has 4 atom stereocenters. The highest BCUT2D eigenvalue weighted by atomic mass is 19.4. The van der Waals surface area contributed by atoms with Gasteiger partial charge in [-0.15, -0.1) is 5.10 Å². The van der Waals surface area contributed by atoms with Gasteiger partial charge in [0.2, 0.25) is 5.95 Å². The fourth-order valence-electron chi connectivity index (χ4n) is 5.92. The summed E-state index contributed by atoms with van der Waals surface area (Å²) in [5.41, 5.74) is -0.186. The van der Waals surface area contributed by atoms with Gasteiger partial charge in [-0.05, 0) is 42.8 Å². The molecule has 0 amide bonds. The first-order valence-electron chi connectivity index (χ1n) is 12.9. The third-order valence-corrected chi connectivity index (χ3v) is 7.80. The number of anilines is 2. The zero-order chi connectivity index (χ0) is 30.6. The quantitative estimate of drug-likeness (QED) is 0.306. The maximum atomic E-state index is 13.6. The van der Waals surface area contributed by atoms with Gasteiger partial charge in [-0.1, -0.05) is 12.1 Å². The van der Waals surface area contributed by atoms with Gasteiger partial charge in [0.25, 0.3) is 0 Å². The number of alkyl halides is 3. The van der Waals surface area contributed by atoms with Gasteiger partial charge in [0, 0.05) is 16.9 Å². The van der Waals surface area contributed by atoms with Crippen molar-refractivity contribution in [1.82, 2.24) is 14.8 Å². The van der Waals surface area contributed by atoms with Crippen molar-refractivity contribution in [2.45, 2.75) is 37.9 Å². The fourth-order valence-corrected chi connectivity index (χ4v) is 5.92. The fraction of sp³-hybridized carbons (Fsp3) is 0.357. The number of hydrogen-bond acceptors (Lipinski definition) is 8. The predicted octanol–water partition coefficient (Wildman–Crippen LogP) is 2.33. The summed E-state index contributed by atoms with van der Waals surface area (Å²) >= 11 is 0.